The molecule has 0 spiro atoms. The van der Waals surface area contributed by atoms with Gasteiger partial charge in [-0.2, -0.15) is 0 Å². The van der Waals surface area contributed by atoms with Gasteiger partial charge in [0.25, 0.3) is 0 Å². The van der Waals surface area contributed by atoms with Crippen molar-refractivity contribution < 1.29 is 0 Å². The van der Waals surface area contributed by atoms with Crippen LogP contribution in [0.2, 0.25) is 0 Å². The van der Waals surface area contributed by atoms with Gasteiger partial charge in [-0.1, -0.05) is 25.2 Å². The van der Waals surface area contributed by atoms with Crippen LogP contribution in [0.15, 0.2) is 41.8 Å². The molecule has 2 saturated heterocycles. The summed E-state index contributed by atoms with van der Waals surface area (Å²) in [6.07, 6.45) is 10.0. The third-order valence-electron chi connectivity index (χ3n) is 7.26. The Morgan fingerprint density at radius 1 is 1.13 bits per heavy atom. The Labute approximate surface area is 188 Å². The number of anilines is 2. The minimum absolute atomic E-state index is 0.649. The highest BCUT2D eigenvalue weighted by molar-refractivity contribution is 5.76. The molecule has 3 aliphatic rings. The first kappa shape index (κ1) is 21.9. The van der Waals surface area contributed by atoms with E-state index in [-0.39, 0.29) is 0 Å². The van der Waals surface area contributed by atoms with E-state index < -0.39 is 0 Å². The van der Waals surface area contributed by atoms with Gasteiger partial charge in [-0.05, 0) is 55.7 Å². The van der Waals surface area contributed by atoms with E-state index in [0.29, 0.717) is 11.8 Å². The summed E-state index contributed by atoms with van der Waals surface area (Å²) in [5, 5.41) is 3.47. The third kappa shape index (κ3) is 4.52. The van der Waals surface area contributed by atoms with E-state index in [2.05, 4.69) is 57.6 Å². The van der Waals surface area contributed by atoms with Gasteiger partial charge in [-0.3, -0.25) is 0 Å². The monoisotopic (exact) mass is 421 g/mol. The fourth-order valence-electron chi connectivity index (χ4n) is 5.81. The summed E-state index contributed by atoms with van der Waals surface area (Å²) in [4.78, 5) is 11.8. The van der Waals surface area contributed by atoms with Crippen molar-refractivity contribution in [3.05, 3.63) is 47.3 Å². The van der Waals surface area contributed by atoms with Crippen molar-refractivity contribution in [2.45, 2.75) is 33.1 Å². The molecule has 5 heteroatoms. The average molecular weight is 422 g/mol. The third-order valence-corrected chi connectivity index (χ3v) is 7.26. The highest BCUT2D eigenvalue weighted by atomic mass is 15.2. The summed E-state index contributed by atoms with van der Waals surface area (Å²) in [6, 6.07) is 2.15. The lowest BCUT2D eigenvalue weighted by Gasteiger charge is -2.41. The Hall–Kier alpha value is -2.27. The fraction of sp³-hybridized carbons (Fsp3) is 0.577. The number of piperazine rings is 1. The minimum atomic E-state index is 0.649. The minimum Gasteiger partial charge on any atom is -0.372 e. The van der Waals surface area contributed by atoms with E-state index in [1.54, 1.807) is 11.3 Å². The molecule has 0 saturated carbocycles. The van der Waals surface area contributed by atoms with E-state index in [1.165, 1.54) is 30.5 Å². The van der Waals surface area contributed by atoms with Crippen LogP contribution in [0.25, 0.3) is 6.08 Å². The van der Waals surface area contributed by atoms with Gasteiger partial charge in [0.1, 0.15) is 5.82 Å². The first-order valence-corrected chi connectivity index (χ1v) is 11.9. The van der Waals surface area contributed by atoms with Crippen LogP contribution in [0.5, 0.6) is 0 Å². The van der Waals surface area contributed by atoms with E-state index in [1.807, 2.05) is 26.4 Å². The van der Waals surface area contributed by atoms with Crippen molar-refractivity contribution in [1.29, 1.82) is 0 Å². The number of hydrogen-bond acceptors (Lipinski definition) is 5. The van der Waals surface area contributed by atoms with Gasteiger partial charge in [-0.25, -0.2) is 4.98 Å². The van der Waals surface area contributed by atoms with E-state index in [9.17, 15) is 0 Å². The summed E-state index contributed by atoms with van der Waals surface area (Å²) in [7, 11) is 4.10. The summed E-state index contributed by atoms with van der Waals surface area (Å²) in [5.74, 6) is 2.35. The van der Waals surface area contributed by atoms with Gasteiger partial charge in [0, 0.05) is 76.5 Å². The number of nitrogens with one attached hydrogen (secondary N) is 1. The molecular formula is C26H39N5. The van der Waals surface area contributed by atoms with Crippen LogP contribution in [-0.4, -0.2) is 63.2 Å². The molecule has 4 rings (SSSR count). The summed E-state index contributed by atoms with van der Waals surface area (Å²) < 4.78 is 0. The smallest absolute Gasteiger partial charge is 0.137 e. The molecule has 0 aromatic carbocycles. The van der Waals surface area contributed by atoms with Crippen molar-refractivity contribution in [2.75, 3.05) is 63.2 Å². The second kappa shape index (κ2) is 9.47. The molecule has 31 heavy (non-hydrogen) atoms. The number of nitrogens with zero attached hydrogens (tertiary/aromatic N) is 4. The van der Waals surface area contributed by atoms with Crippen molar-refractivity contribution in [3.8, 4) is 0 Å². The molecule has 0 radical (unpaired) electrons. The normalized spacial score (nSPS) is 23.1. The summed E-state index contributed by atoms with van der Waals surface area (Å²) in [5.41, 5.74) is 7.21. The molecule has 2 fully saturated rings. The SMILES string of the molecule is C=Cc1c(N2CCC(C3=C(C)C=C(N4CCNCC4)CC3C)CC2)ccnc1N(C)C. The molecule has 1 unspecified atom stereocenters. The standard InChI is InChI=1S/C26H39N5/c1-6-23-24(7-10-28-26(23)29(4)5)31-13-8-21(9-14-31)25-19(2)17-22(18-20(25)3)30-15-11-27-12-16-30/h6-7,10,17,20-21,27H,1,8-9,11-16,18H2,2-5H3. The fourth-order valence-corrected chi connectivity index (χ4v) is 5.81. The van der Waals surface area contributed by atoms with Crippen LogP contribution in [0, 0.1) is 11.8 Å². The average Bonchev–Trinajstić information content (AvgIpc) is 2.79. The molecular weight excluding hydrogens is 382 g/mol. The number of hydrogen-bond donors (Lipinski definition) is 1. The van der Waals surface area contributed by atoms with Crippen LogP contribution in [0.4, 0.5) is 11.5 Å². The largest absolute Gasteiger partial charge is 0.372 e. The van der Waals surface area contributed by atoms with Gasteiger partial charge in [-0.15, -0.1) is 0 Å². The lowest BCUT2D eigenvalue weighted by atomic mass is 9.75. The van der Waals surface area contributed by atoms with Crippen molar-refractivity contribution in [2.24, 2.45) is 11.8 Å². The molecule has 1 N–H and O–H groups in total. The number of allylic oxidation sites excluding steroid dienone is 4. The molecule has 2 aliphatic heterocycles. The number of rotatable bonds is 5. The number of piperidine rings is 1. The number of aromatic nitrogens is 1. The zero-order valence-electron chi connectivity index (χ0n) is 19.8. The lowest BCUT2D eigenvalue weighted by molar-refractivity contribution is 0.277. The quantitative estimate of drug-likeness (QED) is 0.773. The summed E-state index contributed by atoms with van der Waals surface area (Å²) in [6.45, 7) is 15.6. The van der Waals surface area contributed by atoms with Crippen LogP contribution < -0.4 is 15.1 Å². The maximum Gasteiger partial charge on any atom is 0.137 e. The summed E-state index contributed by atoms with van der Waals surface area (Å²) >= 11 is 0. The van der Waals surface area contributed by atoms with Gasteiger partial charge < -0.3 is 20.0 Å². The highest BCUT2D eigenvalue weighted by Gasteiger charge is 2.30. The predicted molar refractivity (Wildman–Crippen MR) is 133 cm³/mol. The van der Waals surface area contributed by atoms with E-state index >= 15 is 0 Å². The highest BCUT2D eigenvalue weighted by Crippen LogP contribution is 2.40. The molecule has 5 nitrogen and oxygen atoms in total. The lowest BCUT2D eigenvalue weighted by Crippen LogP contribution is -2.43. The molecule has 1 aliphatic carbocycles. The molecule has 0 amide bonds. The first-order valence-electron chi connectivity index (χ1n) is 11.9. The second-order valence-corrected chi connectivity index (χ2v) is 9.54. The van der Waals surface area contributed by atoms with Gasteiger partial charge in [0.05, 0.1) is 0 Å². The zero-order valence-corrected chi connectivity index (χ0v) is 19.8. The molecule has 1 aromatic rings. The van der Waals surface area contributed by atoms with Crippen LogP contribution in [0.3, 0.4) is 0 Å². The van der Waals surface area contributed by atoms with Gasteiger partial charge in [0.2, 0.25) is 0 Å². The predicted octanol–water partition coefficient (Wildman–Crippen LogP) is 4.15. The Bertz CT molecular complexity index is 855. The van der Waals surface area contributed by atoms with Crippen LogP contribution in [0.1, 0.15) is 38.7 Å². The maximum absolute atomic E-state index is 4.56. The molecule has 0 bridgehead atoms. The Balaban J connectivity index is 1.48. The Morgan fingerprint density at radius 2 is 1.84 bits per heavy atom. The second-order valence-electron chi connectivity index (χ2n) is 9.54. The maximum atomic E-state index is 4.56. The van der Waals surface area contributed by atoms with Gasteiger partial charge >= 0.3 is 0 Å². The van der Waals surface area contributed by atoms with E-state index in [0.717, 1.165) is 50.6 Å². The topological polar surface area (TPSA) is 34.6 Å². The molecule has 3 heterocycles. The van der Waals surface area contributed by atoms with Crippen molar-refractivity contribution in [3.63, 3.8) is 0 Å². The Kier molecular flexibility index (Phi) is 6.71. The molecule has 1 aromatic heterocycles. The van der Waals surface area contributed by atoms with E-state index in [4.69, 9.17) is 0 Å². The van der Waals surface area contributed by atoms with Gasteiger partial charge in [0.15, 0.2) is 0 Å². The molecule has 168 valence electrons. The van der Waals surface area contributed by atoms with Crippen molar-refractivity contribution >= 4 is 17.6 Å². The van der Waals surface area contributed by atoms with Crippen LogP contribution in [-0.2, 0) is 0 Å². The Morgan fingerprint density at radius 3 is 2.45 bits per heavy atom. The van der Waals surface area contributed by atoms with Crippen LogP contribution >= 0.6 is 0 Å². The zero-order chi connectivity index (χ0) is 22.0. The van der Waals surface area contributed by atoms with Crippen molar-refractivity contribution in [1.82, 2.24) is 15.2 Å². The first-order chi connectivity index (χ1) is 15.0. The number of pyridine rings is 1. The molecule has 1 atom stereocenters.